The van der Waals surface area contributed by atoms with Crippen LogP contribution in [0.2, 0.25) is 0 Å². The summed E-state index contributed by atoms with van der Waals surface area (Å²) in [5.41, 5.74) is 2.15. The van der Waals surface area contributed by atoms with Gasteiger partial charge in [0.05, 0.1) is 0 Å². The van der Waals surface area contributed by atoms with Gasteiger partial charge in [0.1, 0.15) is 0 Å². The number of halogens is 1. The second-order valence-corrected chi connectivity index (χ2v) is 6.36. The van der Waals surface area contributed by atoms with Crippen molar-refractivity contribution in [3.8, 4) is 0 Å². The first-order valence-electron chi connectivity index (χ1n) is 6.68. The highest BCUT2D eigenvalue weighted by Crippen LogP contribution is 2.48. The van der Waals surface area contributed by atoms with E-state index in [9.17, 15) is 4.79 Å². The van der Waals surface area contributed by atoms with Gasteiger partial charge in [-0.05, 0) is 42.9 Å². The van der Waals surface area contributed by atoms with Gasteiger partial charge in [0.25, 0.3) is 5.91 Å². The predicted octanol–water partition coefficient (Wildman–Crippen LogP) is 3.05. The fourth-order valence-corrected chi connectivity index (χ4v) is 3.03. The van der Waals surface area contributed by atoms with Gasteiger partial charge in [0.15, 0.2) is 0 Å². The molecule has 1 aliphatic carbocycles. The van der Waals surface area contributed by atoms with Crippen LogP contribution < -0.4 is 10.2 Å². The minimum absolute atomic E-state index is 0.0320. The first kappa shape index (κ1) is 14.4. The molecule has 3 nitrogen and oxygen atoms in total. The van der Waals surface area contributed by atoms with Crippen molar-refractivity contribution in [1.29, 1.82) is 0 Å². The summed E-state index contributed by atoms with van der Waals surface area (Å²) in [5.74, 6) is 0.0320. The summed E-state index contributed by atoms with van der Waals surface area (Å²) in [4.78, 5) is 14.2. The van der Waals surface area contributed by atoms with Gasteiger partial charge >= 0.3 is 0 Å². The van der Waals surface area contributed by atoms with Crippen LogP contribution in [0.1, 0.15) is 29.6 Å². The van der Waals surface area contributed by atoms with Gasteiger partial charge in [-0.3, -0.25) is 4.79 Å². The Labute approximate surface area is 123 Å². The van der Waals surface area contributed by atoms with Gasteiger partial charge in [-0.2, -0.15) is 0 Å². The van der Waals surface area contributed by atoms with Crippen molar-refractivity contribution in [3.05, 3.63) is 29.8 Å². The molecule has 104 valence electrons. The molecule has 2 rings (SSSR count). The van der Waals surface area contributed by atoms with Gasteiger partial charge < -0.3 is 10.2 Å². The summed E-state index contributed by atoms with van der Waals surface area (Å²) < 4.78 is 0. The molecule has 0 bridgehead atoms. The summed E-state index contributed by atoms with van der Waals surface area (Å²) >= 11 is 3.48. The number of hydrogen-bond acceptors (Lipinski definition) is 2. The molecule has 0 aromatic heterocycles. The van der Waals surface area contributed by atoms with Crippen LogP contribution in [0, 0.1) is 5.41 Å². The van der Waals surface area contributed by atoms with E-state index in [1.807, 2.05) is 43.3 Å². The minimum atomic E-state index is 0.0320. The van der Waals surface area contributed by atoms with E-state index in [2.05, 4.69) is 21.2 Å². The molecule has 1 aromatic carbocycles. The van der Waals surface area contributed by atoms with Crippen LogP contribution in [0.5, 0.6) is 0 Å². The number of alkyl halides is 1. The molecule has 0 atom stereocenters. The minimum Gasteiger partial charge on any atom is -0.378 e. The first-order chi connectivity index (χ1) is 9.06. The van der Waals surface area contributed by atoms with Gasteiger partial charge in [-0.1, -0.05) is 22.0 Å². The van der Waals surface area contributed by atoms with E-state index in [1.165, 1.54) is 12.8 Å². The third kappa shape index (κ3) is 3.72. The van der Waals surface area contributed by atoms with Crippen molar-refractivity contribution in [3.63, 3.8) is 0 Å². The molecule has 1 aliphatic rings. The number of hydrogen-bond donors (Lipinski definition) is 1. The van der Waals surface area contributed by atoms with Gasteiger partial charge in [-0.25, -0.2) is 0 Å². The topological polar surface area (TPSA) is 32.3 Å². The van der Waals surface area contributed by atoms with Crippen molar-refractivity contribution in [2.24, 2.45) is 5.41 Å². The maximum absolute atomic E-state index is 12.2. The number of nitrogens with zero attached hydrogens (tertiary/aromatic N) is 1. The zero-order chi connectivity index (χ0) is 13.9. The molecule has 0 unspecified atom stereocenters. The molecule has 0 spiro atoms. The number of rotatable bonds is 6. The fraction of sp³-hybridized carbons (Fsp3) is 0.533. The monoisotopic (exact) mass is 324 g/mol. The van der Waals surface area contributed by atoms with E-state index < -0.39 is 0 Å². The summed E-state index contributed by atoms with van der Waals surface area (Å²) in [7, 11) is 3.96. The lowest BCUT2D eigenvalue weighted by atomic mass is 10.0. The van der Waals surface area contributed by atoms with Crippen LogP contribution in [-0.4, -0.2) is 31.9 Å². The van der Waals surface area contributed by atoms with E-state index in [-0.39, 0.29) is 5.91 Å². The lowest BCUT2D eigenvalue weighted by molar-refractivity contribution is 0.0944. The van der Waals surface area contributed by atoms with Crippen molar-refractivity contribution in [1.82, 2.24) is 5.32 Å². The van der Waals surface area contributed by atoms with Crippen LogP contribution in [0.15, 0.2) is 24.3 Å². The standard InChI is InChI=1S/C15H21BrN2O/c1-18(2)13-5-3-4-12(10-13)14(19)17-11-15(6-7-15)8-9-16/h3-5,10H,6-9,11H2,1-2H3,(H,17,19). The highest BCUT2D eigenvalue weighted by Gasteiger charge is 2.41. The number of anilines is 1. The van der Waals surface area contributed by atoms with E-state index >= 15 is 0 Å². The van der Waals surface area contributed by atoms with Crippen molar-refractivity contribution >= 4 is 27.5 Å². The van der Waals surface area contributed by atoms with E-state index in [4.69, 9.17) is 0 Å². The smallest absolute Gasteiger partial charge is 0.251 e. The third-order valence-corrected chi connectivity index (χ3v) is 4.23. The van der Waals surface area contributed by atoms with Gasteiger partial charge in [-0.15, -0.1) is 0 Å². The first-order valence-corrected chi connectivity index (χ1v) is 7.80. The normalized spacial score (nSPS) is 15.9. The highest BCUT2D eigenvalue weighted by molar-refractivity contribution is 9.09. The zero-order valence-electron chi connectivity index (χ0n) is 11.6. The van der Waals surface area contributed by atoms with Crippen molar-refractivity contribution in [2.45, 2.75) is 19.3 Å². The van der Waals surface area contributed by atoms with Crippen LogP contribution in [0.3, 0.4) is 0 Å². The Hall–Kier alpha value is -1.03. The van der Waals surface area contributed by atoms with E-state index in [0.29, 0.717) is 5.41 Å². The van der Waals surface area contributed by atoms with Crippen LogP contribution >= 0.6 is 15.9 Å². The Morgan fingerprint density at radius 1 is 1.42 bits per heavy atom. The molecule has 0 heterocycles. The molecular weight excluding hydrogens is 304 g/mol. The number of amides is 1. The molecule has 1 aromatic rings. The molecule has 0 radical (unpaired) electrons. The SMILES string of the molecule is CN(C)c1cccc(C(=O)NCC2(CCBr)CC2)c1. The van der Waals surface area contributed by atoms with Gasteiger partial charge in [0, 0.05) is 37.2 Å². The Morgan fingerprint density at radius 2 is 2.16 bits per heavy atom. The molecule has 1 N–H and O–H groups in total. The predicted molar refractivity (Wildman–Crippen MR) is 83.2 cm³/mol. The van der Waals surface area contributed by atoms with E-state index in [1.54, 1.807) is 0 Å². The highest BCUT2D eigenvalue weighted by atomic mass is 79.9. The van der Waals surface area contributed by atoms with E-state index in [0.717, 1.165) is 29.5 Å². The molecule has 4 heteroatoms. The summed E-state index contributed by atoms with van der Waals surface area (Å²) in [5, 5.41) is 4.09. The molecule has 0 saturated heterocycles. The zero-order valence-corrected chi connectivity index (χ0v) is 13.2. The average molecular weight is 325 g/mol. The number of carbonyl (C=O) groups excluding carboxylic acids is 1. The molecule has 1 fully saturated rings. The largest absolute Gasteiger partial charge is 0.378 e. The summed E-state index contributed by atoms with van der Waals surface area (Å²) in [6.07, 6.45) is 3.61. The lowest BCUT2D eigenvalue weighted by Crippen LogP contribution is -2.30. The number of nitrogens with one attached hydrogen (secondary N) is 1. The summed E-state index contributed by atoms with van der Waals surface area (Å²) in [6.45, 7) is 0.795. The van der Waals surface area contributed by atoms with Crippen LogP contribution in [0.25, 0.3) is 0 Å². The Balaban J connectivity index is 1.95. The second-order valence-electron chi connectivity index (χ2n) is 5.57. The molecule has 19 heavy (non-hydrogen) atoms. The maximum Gasteiger partial charge on any atom is 0.251 e. The van der Waals surface area contributed by atoms with Crippen molar-refractivity contribution < 1.29 is 4.79 Å². The van der Waals surface area contributed by atoms with Gasteiger partial charge in [0.2, 0.25) is 0 Å². The average Bonchev–Trinajstić information content (AvgIpc) is 3.17. The molecule has 1 amide bonds. The van der Waals surface area contributed by atoms with Crippen molar-refractivity contribution in [2.75, 3.05) is 30.9 Å². The third-order valence-electron chi connectivity index (χ3n) is 3.83. The summed E-state index contributed by atoms with van der Waals surface area (Å²) in [6, 6.07) is 7.73. The Bertz CT molecular complexity index is 455. The molecular formula is C15H21BrN2O. The van der Waals surface area contributed by atoms with Crippen LogP contribution in [-0.2, 0) is 0 Å². The fourth-order valence-electron chi connectivity index (χ4n) is 2.19. The second kappa shape index (κ2) is 5.95. The Kier molecular flexibility index (Phi) is 4.50. The Morgan fingerprint density at radius 3 is 2.74 bits per heavy atom. The quantitative estimate of drug-likeness (QED) is 0.816. The molecule has 0 aliphatic heterocycles. The molecule has 1 saturated carbocycles. The maximum atomic E-state index is 12.2. The lowest BCUT2D eigenvalue weighted by Gasteiger charge is -2.16. The van der Waals surface area contributed by atoms with Crippen LogP contribution in [0.4, 0.5) is 5.69 Å². The number of carbonyl (C=O) groups is 1. The number of benzene rings is 1.